The van der Waals surface area contributed by atoms with Gasteiger partial charge in [0, 0.05) is 18.7 Å². The summed E-state index contributed by atoms with van der Waals surface area (Å²) in [6.45, 7) is 5.83. The number of aryl methyl sites for hydroxylation is 1. The number of rotatable bonds is 8. The molecule has 2 aromatic rings. The molecule has 0 heterocycles. The Balaban J connectivity index is 1.92. The molecule has 0 unspecified atom stereocenters. The number of primary amides is 1. The molecule has 0 fully saturated rings. The van der Waals surface area contributed by atoms with Gasteiger partial charge in [-0.2, -0.15) is 0 Å². The first-order chi connectivity index (χ1) is 13.5. The van der Waals surface area contributed by atoms with Crippen LogP contribution < -0.4 is 21.7 Å². The molecular weight excluding hydrogens is 354 g/mol. The van der Waals surface area contributed by atoms with E-state index in [2.05, 4.69) is 46.1 Å². The molecule has 7 nitrogen and oxygen atoms in total. The second-order valence-corrected chi connectivity index (χ2v) is 6.38. The third-order valence-corrected chi connectivity index (χ3v) is 3.95. The zero-order valence-electron chi connectivity index (χ0n) is 16.3. The summed E-state index contributed by atoms with van der Waals surface area (Å²) in [6.07, 6.45) is 0. The highest BCUT2D eigenvalue weighted by Crippen LogP contribution is 2.06. The van der Waals surface area contributed by atoms with Gasteiger partial charge in [0.25, 0.3) is 5.91 Å². The quantitative estimate of drug-likeness (QED) is 0.410. The SMILES string of the molecule is CCNC(=NCc1cccc(C)c1)NCc1ccc(C(=O)NCC(N)=O)cc1. The Hall–Kier alpha value is -3.35. The molecule has 2 amide bonds. The molecule has 0 aliphatic carbocycles. The Labute approximate surface area is 165 Å². The van der Waals surface area contributed by atoms with Gasteiger partial charge in [-0.3, -0.25) is 9.59 Å². The summed E-state index contributed by atoms with van der Waals surface area (Å²) in [5.41, 5.74) is 8.88. The van der Waals surface area contributed by atoms with Gasteiger partial charge in [-0.05, 0) is 37.1 Å². The molecule has 5 N–H and O–H groups in total. The fourth-order valence-corrected chi connectivity index (χ4v) is 2.55. The Kier molecular flexibility index (Phi) is 8.02. The van der Waals surface area contributed by atoms with Gasteiger partial charge >= 0.3 is 0 Å². The lowest BCUT2D eigenvalue weighted by atomic mass is 10.1. The number of nitrogens with one attached hydrogen (secondary N) is 3. The topological polar surface area (TPSA) is 109 Å². The van der Waals surface area contributed by atoms with E-state index in [1.54, 1.807) is 12.1 Å². The maximum Gasteiger partial charge on any atom is 0.251 e. The molecule has 0 saturated heterocycles. The highest BCUT2D eigenvalue weighted by atomic mass is 16.2. The van der Waals surface area contributed by atoms with Crippen molar-refractivity contribution in [2.24, 2.45) is 10.7 Å². The van der Waals surface area contributed by atoms with Crippen LogP contribution in [0.2, 0.25) is 0 Å². The maximum absolute atomic E-state index is 11.9. The van der Waals surface area contributed by atoms with Crippen LogP contribution in [0.3, 0.4) is 0 Å². The number of hydrogen-bond donors (Lipinski definition) is 4. The first-order valence-electron chi connectivity index (χ1n) is 9.21. The van der Waals surface area contributed by atoms with Crippen molar-refractivity contribution in [2.75, 3.05) is 13.1 Å². The van der Waals surface area contributed by atoms with E-state index in [-0.39, 0.29) is 12.5 Å². The summed E-state index contributed by atoms with van der Waals surface area (Å²) in [5, 5.41) is 8.98. The zero-order valence-corrected chi connectivity index (χ0v) is 16.3. The first-order valence-corrected chi connectivity index (χ1v) is 9.21. The molecule has 28 heavy (non-hydrogen) atoms. The van der Waals surface area contributed by atoms with Gasteiger partial charge in [0.1, 0.15) is 0 Å². The van der Waals surface area contributed by atoms with Crippen molar-refractivity contribution < 1.29 is 9.59 Å². The second kappa shape index (κ2) is 10.7. The van der Waals surface area contributed by atoms with Gasteiger partial charge in [-0.25, -0.2) is 4.99 Å². The molecular formula is C21H27N5O2. The number of aliphatic imine (C=N–C) groups is 1. The normalized spacial score (nSPS) is 11.0. The lowest BCUT2D eigenvalue weighted by Crippen LogP contribution is -2.36. The summed E-state index contributed by atoms with van der Waals surface area (Å²) in [5.74, 6) is -0.172. The lowest BCUT2D eigenvalue weighted by Gasteiger charge is -2.12. The van der Waals surface area contributed by atoms with Gasteiger partial charge in [0.05, 0.1) is 13.1 Å². The molecule has 2 rings (SSSR count). The summed E-state index contributed by atoms with van der Waals surface area (Å²) in [4.78, 5) is 27.2. The Morgan fingerprint density at radius 3 is 2.39 bits per heavy atom. The number of hydrogen-bond acceptors (Lipinski definition) is 3. The van der Waals surface area contributed by atoms with E-state index in [1.165, 1.54) is 5.56 Å². The molecule has 0 aromatic heterocycles. The van der Waals surface area contributed by atoms with E-state index in [1.807, 2.05) is 25.1 Å². The number of carbonyl (C=O) groups excluding carboxylic acids is 2. The van der Waals surface area contributed by atoms with Crippen LogP contribution >= 0.6 is 0 Å². The van der Waals surface area contributed by atoms with Crippen LogP contribution in [0.4, 0.5) is 0 Å². The molecule has 0 aliphatic heterocycles. The molecule has 7 heteroatoms. The summed E-state index contributed by atoms with van der Waals surface area (Å²) < 4.78 is 0. The molecule has 0 spiro atoms. The van der Waals surface area contributed by atoms with Gasteiger partial charge in [-0.1, -0.05) is 42.0 Å². The Morgan fingerprint density at radius 2 is 1.75 bits per heavy atom. The van der Waals surface area contributed by atoms with E-state index in [0.29, 0.717) is 18.7 Å². The van der Waals surface area contributed by atoms with E-state index >= 15 is 0 Å². The monoisotopic (exact) mass is 381 g/mol. The van der Waals surface area contributed by atoms with Crippen molar-refractivity contribution >= 4 is 17.8 Å². The average Bonchev–Trinajstić information content (AvgIpc) is 2.68. The van der Waals surface area contributed by atoms with Crippen molar-refractivity contribution in [3.63, 3.8) is 0 Å². The molecule has 0 radical (unpaired) electrons. The minimum absolute atomic E-state index is 0.175. The van der Waals surface area contributed by atoms with Crippen LogP contribution in [0.5, 0.6) is 0 Å². The van der Waals surface area contributed by atoms with Crippen molar-refractivity contribution in [3.8, 4) is 0 Å². The van der Waals surface area contributed by atoms with E-state index in [4.69, 9.17) is 5.73 Å². The van der Waals surface area contributed by atoms with Gasteiger partial charge < -0.3 is 21.7 Å². The van der Waals surface area contributed by atoms with Crippen LogP contribution in [0.25, 0.3) is 0 Å². The second-order valence-electron chi connectivity index (χ2n) is 6.38. The van der Waals surface area contributed by atoms with Crippen LogP contribution in [0.1, 0.15) is 34.0 Å². The largest absolute Gasteiger partial charge is 0.368 e. The smallest absolute Gasteiger partial charge is 0.251 e. The molecule has 2 aromatic carbocycles. The molecule has 0 atom stereocenters. The third kappa shape index (κ3) is 7.11. The summed E-state index contributed by atoms with van der Waals surface area (Å²) in [7, 11) is 0. The van der Waals surface area contributed by atoms with Crippen molar-refractivity contribution in [3.05, 3.63) is 70.8 Å². The first kappa shape index (κ1) is 21.0. The van der Waals surface area contributed by atoms with E-state index in [9.17, 15) is 9.59 Å². The van der Waals surface area contributed by atoms with Crippen LogP contribution in [-0.4, -0.2) is 30.9 Å². The minimum Gasteiger partial charge on any atom is -0.368 e. The predicted molar refractivity (Wildman–Crippen MR) is 111 cm³/mol. The highest BCUT2D eigenvalue weighted by Gasteiger charge is 2.06. The van der Waals surface area contributed by atoms with Gasteiger partial charge in [-0.15, -0.1) is 0 Å². The molecule has 148 valence electrons. The fraction of sp³-hybridized carbons (Fsp3) is 0.286. The lowest BCUT2D eigenvalue weighted by molar-refractivity contribution is -0.117. The van der Waals surface area contributed by atoms with Crippen molar-refractivity contribution in [1.29, 1.82) is 0 Å². The number of guanidine groups is 1. The number of carbonyl (C=O) groups is 2. The third-order valence-electron chi connectivity index (χ3n) is 3.95. The van der Waals surface area contributed by atoms with Crippen LogP contribution in [-0.2, 0) is 17.9 Å². The fourth-order valence-electron chi connectivity index (χ4n) is 2.55. The standard InChI is InChI=1S/C21H27N5O2/c1-3-23-21(26-13-17-6-4-5-15(2)11-17)25-12-16-7-9-18(10-8-16)20(28)24-14-19(22)27/h4-11H,3,12-14H2,1-2H3,(H2,22,27)(H,24,28)(H2,23,25,26). The van der Waals surface area contributed by atoms with Crippen LogP contribution in [0, 0.1) is 6.92 Å². The van der Waals surface area contributed by atoms with Crippen molar-refractivity contribution in [2.45, 2.75) is 26.9 Å². The predicted octanol–water partition coefficient (Wildman–Crippen LogP) is 1.47. The summed E-state index contributed by atoms with van der Waals surface area (Å²) in [6, 6.07) is 15.4. The van der Waals surface area contributed by atoms with Gasteiger partial charge in [0.2, 0.25) is 5.91 Å². The Bertz CT molecular complexity index is 831. The number of nitrogens with two attached hydrogens (primary N) is 1. The Morgan fingerprint density at radius 1 is 1.00 bits per heavy atom. The van der Waals surface area contributed by atoms with Gasteiger partial charge in [0.15, 0.2) is 5.96 Å². The summed E-state index contributed by atoms with van der Waals surface area (Å²) >= 11 is 0. The maximum atomic E-state index is 11.9. The number of nitrogens with zero attached hydrogens (tertiary/aromatic N) is 1. The molecule has 0 aliphatic rings. The van der Waals surface area contributed by atoms with E-state index < -0.39 is 5.91 Å². The molecule has 0 bridgehead atoms. The average molecular weight is 381 g/mol. The van der Waals surface area contributed by atoms with Crippen LogP contribution in [0.15, 0.2) is 53.5 Å². The number of amides is 2. The highest BCUT2D eigenvalue weighted by molar-refractivity contribution is 5.96. The number of benzene rings is 2. The van der Waals surface area contributed by atoms with Crippen molar-refractivity contribution in [1.82, 2.24) is 16.0 Å². The minimum atomic E-state index is -0.574. The van der Waals surface area contributed by atoms with E-state index in [0.717, 1.165) is 23.6 Å². The zero-order chi connectivity index (χ0) is 20.4. The molecule has 0 saturated carbocycles.